The first-order valence-corrected chi connectivity index (χ1v) is 8.68. The second kappa shape index (κ2) is 8.45. The number of hydrogen-bond donors (Lipinski definition) is 1. The van der Waals surface area contributed by atoms with E-state index in [9.17, 15) is 4.79 Å². The zero-order valence-corrected chi connectivity index (χ0v) is 15.2. The number of carbonyl (C=O) groups is 1. The third-order valence-corrected chi connectivity index (χ3v) is 4.21. The summed E-state index contributed by atoms with van der Waals surface area (Å²) in [6.07, 6.45) is 3.51. The second-order valence-corrected chi connectivity index (χ2v) is 6.52. The minimum Gasteiger partial charge on any atom is -0.350 e. The van der Waals surface area contributed by atoms with Crippen molar-refractivity contribution in [2.75, 3.05) is 14.1 Å². The summed E-state index contributed by atoms with van der Waals surface area (Å²) in [5, 5.41) is 7.36. The molecule has 0 fully saturated rings. The Balaban J connectivity index is 1.78. The van der Waals surface area contributed by atoms with Crippen LogP contribution in [-0.4, -0.2) is 34.7 Å². The van der Waals surface area contributed by atoms with E-state index in [1.165, 1.54) is 5.56 Å². The van der Waals surface area contributed by atoms with Gasteiger partial charge in [0.2, 0.25) is 5.91 Å². The zero-order valence-electron chi connectivity index (χ0n) is 15.2. The molecule has 1 atom stereocenters. The molecule has 0 spiro atoms. The molecule has 1 N–H and O–H groups in total. The van der Waals surface area contributed by atoms with Crippen LogP contribution in [-0.2, 0) is 17.9 Å². The Morgan fingerprint density at radius 3 is 2.38 bits per heavy atom. The van der Waals surface area contributed by atoms with Crippen LogP contribution in [0.2, 0.25) is 0 Å². The van der Waals surface area contributed by atoms with E-state index in [0.29, 0.717) is 6.54 Å². The lowest BCUT2D eigenvalue weighted by atomic mass is 10.0. The third kappa shape index (κ3) is 4.37. The Morgan fingerprint density at radius 1 is 1.04 bits per heavy atom. The monoisotopic (exact) mass is 348 g/mol. The van der Waals surface area contributed by atoms with Gasteiger partial charge < -0.3 is 10.2 Å². The molecule has 0 bridgehead atoms. The van der Waals surface area contributed by atoms with Crippen molar-refractivity contribution in [3.05, 3.63) is 89.7 Å². The maximum absolute atomic E-state index is 13.0. The standard InChI is InChI=1S/C21H24N4O/c1-24(2)16-19-12-7-6-11-18(19)15-22-21(26)20(25-14-8-13-23-25)17-9-4-3-5-10-17/h3-14,20H,15-16H2,1-2H3,(H,22,26). The molecule has 26 heavy (non-hydrogen) atoms. The lowest BCUT2D eigenvalue weighted by Crippen LogP contribution is -2.33. The second-order valence-electron chi connectivity index (χ2n) is 6.52. The Labute approximate surface area is 154 Å². The highest BCUT2D eigenvalue weighted by Gasteiger charge is 2.22. The molecule has 5 heteroatoms. The van der Waals surface area contributed by atoms with Crippen molar-refractivity contribution in [2.45, 2.75) is 19.1 Å². The Bertz CT molecular complexity index is 828. The number of hydrogen-bond acceptors (Lipinski definition) is 3. The number of aromatic nitrogens is 2. The zero-order chi connectivity index (χ0) is 18.4. The van der Waals surface area contributed by atoms with E-state index in [4.69, 9.17) is 0 Å². The molecule has 0 aliphatic carbocycles. The van der Waals surface area contributed by atoms with E-state index in [2.05, 4.69) is 27.4 Å². The minimum absolute atomic E-state index is 0.0699. The molecule has 1 amide bonds. The summed E-state index contributed by atoms with van der Waals surface area (Å²) in [6.45, 7) is 1.33. The fraction of sp³-hybridized carbons (Fsp3) is 0.238. The normalized spacial score (nSPS) is 12.1. The lowest BCUT2D eigenvalue weighted by molar-refractivity contribution is -0.123. The molecule has 3 aromatic rings. The molecule has 0 aliphatic rings. The highest BCUT2D eigenvalue weighted by atomic mass is 16.2. The number of rotatable bonds is 7. The largest absolute Gasteiger partial charge is 0.350 e. The predicted octanol–water partition coefficient (Wildman–Crippen LogP) is 2.85. The fourth-order valence-electron chi connectivity index (χ4n) is 3.00. The van der Waals surface area contributed by atoms with Crippen molar-refractivity contribution >= 4 is 5.91 Å². The van der Waals surface area contributed by atoms with Gasteiger partial charge in [0.05, 0.1) is 0 Å². The summed E-state index contributed by atoms with van der Waals surface area (Å²) in [5.41, 5.74) is 3.25. The van der Waals surface area contributed by atoms with E-state index in [1.54, 1.807) is 10.9 Å². The van der Waals surface area contributed by atoms with Crippen LogP contribution >= 0.6 is 0 Å². The molecular formula is C21H24N4O. The quantitative estimate of drug-likeness (QED) is 0.714. The molecule has 5 nitrogen and oxygen atoms in total. The molecule has 0 radical (unpaired) electrons. The fourth-order valence-corrected chi connectivity index (χ4v) is 3.00. The van der Waals surface area contributed by atoms with Gasteiger partial charge >= 0.3 is 0 Å². The summed E-state index contributed by atoms with van der Waals surface area (Å²) in [7, 11) is 4.08. The highest BCUT2D eigenvalue weighted by Crippen LogP contribution is 2.18. The maximum atomic E-state index is 13.0. The Kier molecular flexibility index (Phi) is 5.81. The van der Waals surface area contributed by atoms with Crippen molar-refractivity contribution in [1.82, 2.24) is 20.0 Å². The first kappa shape index (κ1) is 17.9. The van der Waals surface area contributed by atoms with E-state index < -0.39 is 6.04 Å². The number of nitrogens with zero attached hydrogens (tertiary/aromatic N) is 3. The van der Waals surface area contributed by atoms with Crippen LogP contribution in [0.4, 0.5) is 0 Å². The summed E-state index contributed by atoms with van der Waals surface area (Å²) < 4.78 is 1.69. The van der Waals surface area contributed by atoms with Crippen LogP contribution in [0.1, 0.15) is 22.7 Å². The molecule has 134 valence electrons. The molecule has 1 unspecified atom stereocenters. The Hall–Kier alpha value is -2.92. The molecule has 1 heterocycles. The van der Waals surface area contributed by atoms with E-state index >= 15 is 0 Å². The van der Waals surface area contributed by atoms with Crippen LogP contribution in [0.15, 0.2) is 73.1 Å². The average molecular weight is 348 g/mol. The first-order valence-electron chi connectivity index (χ1n) is 8.68. The smallest absolute Gasteiger partial charge is 0.249 e. The predicted molar refractivity (Wildman–Crippen MR) is 102 cm³/mol. The van der Waals surface area contributed by atoms with Crippen molar-refractivity contribution in [3.8, 4) is 0 Å². The van der Waals surface area contributed by atoms with Gasteiger partial charge in [0, 0.05) is 25.5 Å². The summed E-state index contributed by atoms with van der Waals surface area (Å²) in [5.74, 6) is -0.0699. The van der Waals surface area contributed by atoms with Gasteiger partial charge in [-0.2, -0.15) is 5.10 Å². The minimum atomic E-state index is -0.479. The topological polar surface area (TPSA) is 50.2 Å². The first-order chi connectivity index (χ1) is 12.6. The van der Waals surface area contributed by atoms with Crippen molar-refractivity contribution in [2.24, 2.45) is 0 Å². The molecule has 0 saturated carbocycles. The van der Waals surface area contributed by atoms with Crippen LogP contribution < -0.4 is 5.32 Å². The molecule has 3 rings (SSSR count). The van der Waals surface area contributed by atoms with Gasteiger partial charge in [-0.05, 0) is 36.9 Å². The average Bonchev–Trinajstić information content (AvgIpc) is 3.16. The molecule has 2 aromatic carbocycles. The Morgan fingerprint density at radius 2 is 1.73 bits per heavy atom. The maximum Gasteiger partial charge on any atom is 0.249 e. The molecular weight excluding hydrogens is 324 g/mol. The van der Waals surface area contributed by atoms with E-state index in [1.807, 2.05) is 68.8 Å². The van der Waals surface area contributed by atoms with Gasteiger partial charge in [-0.1, -0.05) is 54.6 Å². The SMILES string of the molecule is CN(C)Cc1ccccc1CNC(=O)C(c1ccccc1)n1cccn1. The molecule has 0 saturated heterocycles. The van der Waals surface area contributed by atoms with Crippen LogP contribution in [0.25, 0.3) is 0 Å². The van der Waals surface area contributed by atoms with Gasteiger partial charge in [-0.15, -0.1) is 0 Å². The van der Waals surface area contributed by atoms with Crippen molar-refractivity contribution in [3.63, 3.8) is 0 Å². The van der Waals surface area contributed by atoms with E-state index in [0.717, 1.165) is 17.7 Å². The lowest BCUT2D eigenvalue weighted by Gasteiger charge is -2.19. The van der Waals surface area contributed by atoms with Crippen molar-refractivity contribution < 1.29 is 4.79 Å². The summed E-state index contributed by atoms with van der Waals surface area (Å²) in [4.78, 5) is 15.1. The van der Waals surface area contributed by atoms with Crippen LogP contribution in [0.3, 0.4) is 0 Å². The van der Waals surface area contributed by atoms with Gasteiger partial charge in [0.1, 0.15) is 0 Å². The third-order valence-electron chi connectivity index (χ3n) is 4.21. The van der Waals surface area contributed by atoms with Crippen molar-refractivity contribution in [1.29, 1.82) is 0 Å². The summed E-state index contributed by atoms with van der Waals surface area (Å²) >= 11 is 0. The number of amides is 1. The number of carbonyl (C=O) groups excluding carboxylic acids is 1. The van der Waals surface area contributed by atoms with Gasteiger partial charge in [0.15, 0.2) is 6.04 Å². The van der Waals surface area contributed by atoms with Gasteiger partial charge in [-0.25, -0.2) is 0 Å². The summed E-state index contributed by atoms with van der Waals surface area (Å²) in [6, 6.07) is 19.3. The highest BCUT2D eigenvalue weighted by molar-refractivity contribution is 5.83. The number of nitrogens with one attached hydrogen (secondary N) is 1. The molecule has 1 aromatic heterocycles. The van der Waals surface area contributed by atoms with Crippen LogP contribution in [0.5, 0.6) is 0 Å². The molecule has 0 aliphatic heterocycles. The van der Waals surface area contributed by atoms with E-state index in [-0.39, 0.29) is 5.91 Å². The van der Waals surface area contributed by atoms with Crippen LogP contribution in [0, 0.1) is 0 Å². The van der Waals surface area contributed by atoms with Gasteiger partial charge in [-0.3, -0.25) is 9.48 Å². The number of benzene rings is 2. The van der Waals surface area contributed by atoms with Gasteiger partial charge in [0.25, 0.3) is 0 Å².